The van der Waals surface area contributed by atoms with Crippen LogP contribution in [0, 0.1) is 5.92 Å². The Labute approximate surface area is 117 Å². The molecule has 1 aromatic carbocycles. The fraction of sp³-hybridized carbons (Fsp3) is 0.533. The van der Waals surface area contributed by atoms with E-state index in [1.54, 1.807) is 0 Å². The number of benzene rings is 1. The Balaban J connectivity index is 1.94. The predicted octanol–water partition coefficient (Wildman–Crippen LogP) is 3.25. The lowest BCUT2D eigenvalue weighted by Crippen LogP contribution is -2.42. The fourth-order valence-corrected chi connectivity index (χ4v) is 2.71. The van der Waals surface area contributed by atoms with Crippen molar-refractivity contribution in [1.29, 1.82) is 0 Å². The van der Waals surface area contributed by atoms with Gasteiger partial charge in [-0.15, -0.1) is 0 Å². The molecule has 0 saturated heterocycles. The van der Waals surface area contributed by atoms with Crippen molar-refractivity contribution < 1.29 is 4.79 Å². The van der Waals surface area contributed by atoms with Gasteiger partial charge in [0.1, 0.15) is 0 Å². The number of hydrogen-bond acceptors (Lipinski definition) is 1. The third-order valence-electron chi connectivity index (χ3n) is 3.65. The molecular formula is C15H20BrNO. The number of amides is 1. The molecule has 2 nitrogen and oxygen atoms in total. The zero-order valence-corrected chi connectivity index (χ0v) is 12.5. The van der Waals surface area contributed by atoms with Gasteiger partial charge in [-0.2, -0.15) is 0 Å². The number of alkyl halides is 1. The number of halogens is 1. The minimum absolute atomic E-state index is 0.0961. The van der Waals surface area contributed by atoms with Crippen LogP contribution in [0.25, 0.3) is 0 Å². The summed E-state index contributed by atoms with van der Waals surface area (Å²) in [6.45, 7) is 4.66. The highest BCUT2D eigenvalue weighted by Gasteiger charge is 2.32. The summed E-state index contributed by atoms with van der Waals surface area (Å²) in [5, 5.41) is 3.06. The van der Waals surface area contributed by atoms with Crippen LogP contribution in [0.2, 0.25) is 0 Å². The Hall–Kier alpha value is -0.830. The highest BCUT2D eigenvalue weighted by Crippen LogP contribution is 2.36. The summed E-state index contributed by atoms with van der Waals surface area (Å²) >= 11 is 3.64. The number of carbonyl (C=O) groups is 1. The molecule has 1 fully saturated rings. The fourth-order valence-electron chi connectivity index (χ4n) is 2.02. The molecule has 1 N–H and O–H groups in total. The highest BCUT2D eigenvalue weighted by atomic mass is 79.9. The lowest BCUT2D eigenvalue weighted by atomic mass is 9.84. The number of nitrogens with one attached hydrogen (secondary N) is 1. The van der Waals surface area contributed by atoms with Crippen LogP contribution in [0.5, 0.6) is 0 Å². The number of rotatable bonds is 5. The molecule has 1 atom stereocenters. The monoisotopic (exact) mass is 309 g/mol. The van der Waals surface area contributed by atoms with Crippen molar-refractivity contribution in [3.05, 3.63) is 35.9 Å². The van der Waals surface area contributed by atoms with Gasteiger partial charge in [-0.1, -0.05) is 46.3 Å². The SMILES string of the molecule is CC(C)(C(=O)NCC(Br)C1CC1)c1ccccc1. The van der Waals surface area contributed by atoms with Crippen LogP contribution in [0.4, 0.5) is 0 Å². The van der Waals surface area contributed by atoms with E-state index >= 15 is 0 Å². The first-order valence-corrected chi connectivity index (χ1v) is 7.41. The zero-order chi connectivity index (χ0) is 13.2. The molecule has 0 aromatic heterocycles. The summed E-state index contributed by atoms with van der Waals surface area (Å²) in [7, 11) is 0. The second-order valence-electron chi connectivity index (χ2n) is 5.55. The Bertz CT molecular complexity index is 412. The van der Waals surface area contributed by atoms with Gasteiger partial charge in [0.25, 0.3) is 0 Å². The summed E-state index contributed by atoms with van der Waals surface area (Å²) in [6, 6.07) is 9.93. The van der Waals surface area contributed by atoms with Crippen LogP contribution in [-0.2, 0) is 10.2 Å². The average molecular weight is 310 g/mol. The van der Waals surface area contributed by atoms with Crippen LogP contribution in [0.15, 0.2) is 30.3 Å². The summed E-state index contributed by atoms with van der Waals surface area (Å²) in [6.07, 6.45) is 2.57. The first-order valence-electron chi connectivity index (χ1n) is 6.49. The van der Waals surface area contributed by atoms with Crippen molar-refractivity contribution in [3.63, 3.8) is 0 Å². The van der Waals surface area contributed by atoms with E-state index in [4.69, 9.17) is 0 Å². The van der Waals surface area contributed by atoms with E-state index in [0.29, 0.717) is 4.83 Å². The van der Waals surface area contributed by atoms with Crippen LogP contribution in [0.3, 0.4) is 0 Å². The minimum Gasteiger partial charge on any atom is -0.354 e. The van der Waals surface area contributed by atoms with Crippen LogP contribution < -0.4 is 5.32 Å². The van der Waals surface area contributed by atoms with Crippen molar-refractivity contribution in [2.24, 2.45) is 5.92 Å². The molecule has 0 bridgehead atoms. The predicted molar refractivity (Wildman–Crippen MR) is 77.9 cm³/mol. The van der Waals surface area contributed by atoms with E-state index in [1.807, 2.05) is 44.2 Å². The van der Waals surface area contributed by atoms with Crippen LogP contribution >= 0.6 is 15.9 Å². The van der Waals surface area contributed by atoms with Crippen molar-refractivity contribution >= 4 is 21.8 Å². The third kappa shape index (κ3) is 3.14. The quantitative estimate of drug-likeness (QED) is 0.831. The van der Waals surface area contributed by atoms with Gasteiger partial charge in [-0.25, -0.2) is 0 Å². The smallest absolute Gasteiger partial charge is 0.230 e. The van der Waals surface area contributed by atoms with Crippen molar-refractivity contribution in [3.8, 4) is 0 Å². The lowest BCUT2D eigenvalue weighted by Gasteiger charge is -2.25. The molecule has 1 saturated carbocycles. The van der Waals surface area contributed by atoms with Gasteiger partial charge in [-0.05, 0) is 38.2 Å². The molecule has 1 aliphatic carbocycles. The Morgan fingerprint density at radius 2 is 2.00 bits per heavy atom. The van der Waals surface area contributed by atoms with E-state index < -0.39 is 5.41 Å². The summed E-state index contributed by atoms with van der Waals surface area (Å²) < 4.78 is 0. The van der Waals surface area contributed by atoms with Crippen molar-refractivity contribution in [2.45, 2.75) is 36.9 Å². The van der Waals surface area contributed by atoms with Crippen molar-refractivity contribution in [2.75, 3.05) is 6.54 Å². The van der Waals surface area contributed by atoms with Gasteiger partial charge in [0.2, 0.25) is 5.91 Å². The molecule has 0 spiro atoms. The molecule has 1 unspecified atom stereocenters. The molecule has 98 valence electrons. The minimum atomic E-state index is -0.475. The molecular weight excluding hydrogens is 290 g/mol. The van der Waals surface area contributed by atoms with E-state index in [1.165, 1.54) is 12.8 Å². The second kappa shape index (κ2) is 5.43. The van der Waals surface area contributed by atoms with E-state index in [2.05, 4.69) is 21.2 Å². The van der Waals surface area contributed by atoms with E-state index in [-0.39, 0.29) is 5.91 Å². The molecule has 18 heavy (non-hydrogen) atoms. The van der Waals surface area contributed by atoms with Gasteiger partial charge >= 0.3 is 0 Å². The molecule has 1 amide bonds. The van der Waals surface area contributed by atoms with Gasteiger partial charge in [0.05, 0.1) is 5.41 Å². The second-order valence-corrected chi connectivity index (χ2v) is 6.73. The molecule has 0 radical (unpaired) electrons. The maximum atomic E-state index is 12.3. The summed E-state index contributed by atoms with van der Waals surface area (Å²) in [4.78, 5) is 12.7. The molecule has 1 aromatic rings. The van der Waals surface area contributed by atoms with Crippen LogP contribution in [-0.4, -0.2) is 17.3 Å². The maximum absolute atomic E-state index is 12.3. The van der Waals surface area contributed by atoms with Crippen LogP contribution in [0.1, 0.15) is 32.3 Å². The summed E-state index contributed by atoms with van der Waals surface area (Å²) in [5.74, 6) is 0.851. The van der Waals surface area contributed by atoms with Gasteiger partial charge < -0.3 is 5.32 Å². The molecule has 3 heteroatoms. The zero-order valence-electron chi connectivity index (χ0n) is 10.9. The molecule has 0 heterocycles. The highest BCUT2D eigenvalue weighted by molar-refractivity contribution is 9.09. The van der Waals surface area contributed by atoms with Gasteiger partial charge in [0, 0.05) is 11.4 Å². The molecule has 0 aliphatic heterocycles. The molecule has 1 aliphatic rings. The Morgan fingerprint density at radius 3 is 2.56 bits per heavy atom. The first kappa shape index (κ1) is 13.6. The van der Waals surface area contributed by atoms with E-state index in [0.717, 1.165) is 18.0 Å². The van der Waals surface area contributed by atoms with Gasteiger partial charge in [-0.3, -0.25) is 4.79 Å². The third-order valence-corrected chi connectivity index (χ3v) is 4.73. The van der Waals surface area contributed by atoms with Gasteiger partial charge in [0.15, 0.2) is 0 Å². The van der Waals surface area contributed by atoms with Crippen molar-refractivity contribution in [1.82, 2.24) is 5.32 Å². The maximum Gasteiger partial charge on any atom is 0.230 e. The summed E-state index contributed by atoms with van der Waals surface area (Å²) in [5.41, 5.74) is 0.581. The lowest BCUT2D eigenvalue weighted by molar-refractivity contribution is -0.125. The normalized spacial score (nSPS) is 17.3. The number of hydrogen-bond donors (Lipinski definition) is 1. The largest absolute Gasteiger partial charge is 0.354 e. The topological polar surface area (TPSA) is 29.1 Å². The average Bonchev–Trinajstić information content (AvgIpc) is 3.20. The first-order chi connectivity index (χ1) is 8.51. The Morgan fingerprint density at radius 1 is 1.39 bits per heavy atom. The molecule has 2 rings (SSSR count). The standard InChI is InChI=1S/C15H20BrNO/c1-15(2,12-6-4-3-5-7-12)14(18)17-10-13(16)11-8-9-11/h3-7,11,13H,8-10H2,1-2H3,(H,17,18). The number of carbonyl (C=O) groups excluding carboxylic acids is 1. The Kier molecular flexibility index (Phi) is 4.10. The van der Waals surface area contributed by atoms with E-state index in [9.17, 15) is 4.79 Å².